The molecule has 1 amide bonds. The molecule has 0 aromatic carbocycles. The molecule has 1 rings (SSSR count). The Morgan fingerprint density at radius 3 is 2.47 bits per heavy atom. The molecular weight excluding hydrogens is 220 g/mol. The third-order valence-electron chi connectivity index (χ3n) is 3.10. The first kappa shape index (κ1) is 14.0. The Balaban J connectivity index is 2.26. The van der Waals surface area contributed by atoms with Crippen LogP contribution in [-0.2, 0) is 14.3 Å². The minimum Gasteiger partial charge on any atom is -0.467 e. The van der Waals surface area contributed by atoms with Crippen LogP contribution in [0.1, 0.15) is 26.7 Å². The van der Waals surface area contributed by atoms with Crippen molar-refractivity contribution in [2.75, 3.05) is 20.2 Å². The summed E-state index contributed by atoms with van der Waals surface area (Å²) in [4.78, 5) is 22.3. The molecule has 5 heteroatoms. The van der Waals surface area contributed by atoms with Gasteiger partial charge in [0, 0.05) is 13.5 Å². The summed E-state index contributed by atoms with van der Waals surface area (Å²) in [6, 6.07) is -0.594. The molecule has 5 nitrogen and oxygen atoms in total. The lowest BCUT2D eigenvalue weighted by Crippen LogP contribution is -2.47. The van der Waals surface area contributed by atoms with Crippen molar-refractivity contribution in [3.05, 3.63) is 0 Å². The predicted octanol–water partition coefficient (Wildman–Crippen LogP) is 0.300. The molecule has 0 aliphatic heterocycles. The molecule has 1 aliphatic carbocycles. The number of ether oxygens (including phenoxy) is 1. The van der Waals surface area contributed by atoms with E-state index in [1.54, 1.807) is 0 Å². The summed E-state index contributed by atoms with van der Waals surface area (Å²) in [5.74, 6) is 0.828. The molecule has 0 saturated heterocycles. The summed E-state index contributed by atoms with van der Waals surface area (Å²) >= 11 is 0. The van der Waals surface area contributed by atoms with Crippen LogP contribution in [0, 0.1) is 11.8 Å². The molecule has 2 unspecified atom stereocenters. The molecule has 1 fully saturated rings. The van der Waals surface area contributed by atoms with Gasteiger partial charge in [-0.1, -0.05) is 6.92 Å². The third kappa shape index (κ3) is 5.17. The van der Waals surface area contributed by atoms with E-state index < -0.39 is 12.0 Å². The highest BCUT2D eigenvalue weighted by molar-refractivity contribution is 5.83. The zero-order chi connectivity index (χ0) is 12.8. The van der Waals surface area contributed by atoms with Gasteiger partial charge in [0.15, 0.2) is 0 Å². The van der Waals surface area contributed by atoms with Gasteiger partial charge in [-0.3, -0.25) is 4.79 Å². The van der Waals surface area contributed by atoms with Gasteiger partial charge in [-0.15, -0.1) is 0 Å². The maximum atomic E-state index is 11.4. The summed E-state index contributed by atoms with van der Waals surface area (Å²) in [6.45, 7) is 4.89. The molecule has 2 atom stereocenters. The molecule has 17 heavy (non-hydrogen) atoms. The standard InChI is InChI=1S/C12H22N2O3/c1-8(10-4-5-10)6-13-7-11(12(16)17-3)14-9(2)15/h8,10-11,13H,4-7H2,1-3H3,(H,14,15). The van der Waals surface area contributed by atoms with Crippen molar-refractivity contribution in [3.8, 4) is 0 Å². The molecule has 0 spiro atoms. The predicted molar refractivity (Wildman–Crippen MR) is 64.4 cm³/mol. The fraction of sp³-hybridized carbons (Fsp3) is 0.833. The van der Waals surface area contributed by atoms with Crippen molar-refractivity contribution in [1.29, 1.82) is 0 Å². The SMILES string of the molecule is COC(=O)C(CNCC(C)C1CC1)NC(C)=O. The number of nitrogens with one attached hydrogen (secondary N) is 2. The smallest absolute Gasteiger partial charge is 0.329 e. The molecule has 0 bridgehead atoms. The summed E-state index contributed by atoms with van der Waals surface area (Å²) in [6.07, 6.45) is 2.63. The van der Waals surface area contributed by atoms with Crippen LogP contribution in [0.25, 0.3) is 0 Å². The van der Waals surface area contributed by atoms with E-state index in [2.05, 4.69) is 22.3 Å². The van der Waals surface area contributed by atoms with Crippen molar-refractivity contribution < 1.29 is 14.3 Å². The summed E-state index contributed by atoms with van der Waals surface area (Å²) in [5.41, 5.74) is 0. The van der Waals surface area contributed by atoms with Gasteiger partial charge in [-0.05, 0) is 31.2 Å². The number of carbonyl (C=O) groups excluding carboxylic acids is 2. The van der Waals surface area contributed by atoms with Gasteiger partial charge in [0.1, 0.15) is 6.04 Å². The van der Waals surface area contributed by atoms with Crippen LogP contribution in [0.2, 0.25) is 0 Å². The van der Waals surface area contributed by atoms with Gasteiger partial charge in [0.05, 0.1) is 7.11 Å². The average Bonchev–Trinajstić information content (AvgIpc) is 3.09. The maximum absolute atomic E-state index is 11.4. The third-order valence-corrected chi connectivity index (χ3v) is 3.10. The van der Waals surface area contributed by atoms with Crippen LogP contribution < -0.4 is 10.6 Å². The van der Waals surface area contributed by atoms with Crippen LogP contribution in [-0.4, -0.2) is 38.1 Å². The number of carbonyl (C=O) groups is 2. The van der Waals surface area contributed by atoms with Gasteiger partial charge in [-0.25, -0.2) is 4.79 Å². The highest BCUT2D eigenvalue weighted by Crippen LogP contribution is 2.35. The fourth-order valence-electron chi connectivity index (χ4n) is 1.87. The molecule has 98 valence electrons. The Kier molecular flexibility index (Phi) is 5.41. The number of amides is 1. The van der Waals surface area contributed by atoms with Crippen LogP contribution >= 0.6 is 0 Å². The van der Waals surface area contributed by atoms with Crippen molar-refractivity contribution in [1.82, 2.24) is 10.6 Å². The lowest BCUT2D eigenvalue weighted by Gasteiger charge is -2.18. The Labute approximate surface area is 102 Å². The van der Waals surface area contributed by atoms with Crippen LogP contribution in [0.15, 0.2) is 0 Å². The van der Waals surface area contributed by atoms with E-state index in [4.69, 9.17) is 0 Å². The topological polar surface area (TPSA) is 67.4 Å². The van der Waals surface area contributed by atoms with Crippen LogP contribution in [0.4, 0.5) is 0 Å². The Morgan fingerprint density at radius 2 is 2.00 bits per heavy atom. The zero-order valence-electron chi connectivity index (χ0n) is 10.8. The first-order valence-corrected chi connectivity index (χ1v) is 6.10. The zero-order valence-corrected chi connectivity index (χ0v) is 10.8. The van der Waals surface area contributed by atoms with Crippen molar-refractivity contribution in [2.24, 2.45) is 11.8 Å². The van der Waals surface area contributed by atoms with Gasteiger partial charge in [0.2, 0.25) is 5.91 Å². The molecule has 1 aliphatic rings. The molecule has 0 aromatic rings. The minimum atomic E-state index is -0.594. The first-order chi connectivity index (χ1) is 8.04. The number of rotatable bonds is 7. The number of methoxy groups -OCH3 is 1. The average molecular weight is 242 g/mol. The van der Waals surface area contributed by atoms with Crippen molar-refractivity contribution in [2.45, 2.75) is 32.7 Å². The number of hydrogen-bond donors (Lipinski definition) is 2. The second kappa shape index (κ2) is 6.59. The van der Waals surface area contributed by atoms with E-state index in [1.807, 2.05) is 0 Å². The highest BCUT2D eigenvalue weighted by atomic mass is 16.5. The minimum absolute atomic E-state index is 0.225. The van der Waals surface area contributed by atoms with E-state index in [1.165, 1.54) is 26.9 Å². The monoisotopic (exact) mass is 242 g/mol. The highest BCUT2D eigenvalue weighted by Gasteiger charge is 2.28. The number of esters is 1. The quantitative estimate of drug-likeness (QED) is 0.630. The van der Waals surface area contributed by atoms with E-state index in [0.717, 1.165) is 12.5 Å². The normalized spacial score (nSPS) is 18.3. The molecule has 2 N–H and O–H groups in total. The van der Waals surface area contributed by atoms with Gasteiger partial charge in [0.25, 0.3) is 0 Å². The lowest BCUT2D eigenvalue weighted by molar-refractivity contribution is -0.144. The van der Waals surface area contributed by atoms with Crippen LogP contribution in [0.3, 0.4) is 0 Å². The van der Waals surface area contributed by atoms with Crippen LogP contribution in [0.5, 0.6) is 0 Å². The van der Waals surface area contributed by atoms with Crippen molar-refractivity contribution >= 4 is 11.9 Å². The summed E-state index contributed by atoms with van der Waals surface area (Å²) < 4.78 is 4.64. The Bertz CT molecular complexity index is 277. The lowest BCUT2D eigenvalue weighted by atomic mass is 10.1. The molecule has 0 aromatic heterocycles. The van der Waals surface area contributed by atoms with E-state index in [9.17, 15) is 9.59 Å². The second-order valence-corrected chi connectivity index (χ2v) is 4.75. The molecular formula is C12H22N2O3. The first-order valence-electron chi connectivity index (χ1n) is 6.10. The van der Waals surface area contributed by atoms with Crippen molar-refractivity contribution in [3.63, 3.8) is 0 Å². The maximum Gasteiger partial charge on any atom is 0.329 e. The fourth-order valence-corrected chi connectivity index (χ4v) is 1.87. The summed E-state index contributed by atoms with van der Waals surface area (Å²) in [5, 5.41) is 5.78. The summed E-state index contributed by atoms with van der Waals surface area (Å²) in [7, 11) is 1.32. The molecule has 0 heterocycles. The van der Waals surface area contributed by atoms with E-state index in [-0.39, 0.29) is 5.91 Å². The largest absolute Gasteiger partial charge is 0.467 e. The molecule has 1 saturated carbocycles. The van der Waals surface area contributed by atoms with Gasteiger partial charge in [-0.2, -0.15) is 0 Å². The van der Waals surface area contributed by atoms with E-state index >= 15 is 0 Å². The van der Waals surface area contributed by atoms with E-state index in [0.29, 0.717) is 12.5 Å². The van der Waals surface area contributed by atoms with Gasteiger partial charge < -0.3 is 15.4 Å². The molecule has 0 radical (unpaired) electrons. The Morgan fingerprint density at radius 1 is 1.35 bits per heavy atom. The van der Waals surface area contributed by atoms with Gasteiger partial charge >= 0.3 is 5.97 Å². The second-order valence-electron chi connectivity index (χ2n) is 4.75. The Hall–Kier alpha value is -1.10. The number of hydrogen-bond acceptors (Lipinski definition) is 4.